The molecular formula is C27H25N5O6. The molecule has 11 nitrogen and oxygen atoms in total. The molecule has 0 aliphatic heterocycles. The van der Waals surface area contributed by atoms with Crippen molar-refractivity contribution in [3.8, 4) is 11.5 Å². The third kappa shape index (κ3) is 4.85. The van der Waals surface area contributed by atoms with Gasteiger partial charge in [-0.05, 0) is 49.9 Å². The van der Waals surface area contributed by atoms with Crippen LogP contribution in [-0.2, 0) is 14.9 Å². The molecule has 0 radical (unpaired) electrons. The van der Waals surface area contributed by atoms with Gasteiger partial charge in [-0.15, -0.1) is 0 Å². The zero-order valence-electron chi connectivity index (χ0n) is 20.7. The highest BCUT2D eigenvalue weighted by Crippen LogP contribution is 2.48. The van der Waals surface area contributed by atoms with E-state index < -0.39 is 29.6 Å². The summed E-state index contributed by atoms with van der Waals surface area (Å²) >= 11 is 0. The number of aryl methyl sites for hydroxylation is 1. The molecule has 0 bridgehead atoms. The van der Waals surface area contributed by atoms with Crippen molar-refractivity contribution >= 4 is 29.5 Å². The minimum Gasteiger partial charge on any atom is -0.481 e. The summed E-state index contributed by atoms with van der Waals surface area (Å²) in [5.74, 6) is -0.665. The molecule has 0 spiro atoms. The van der Waals surface area contributed by atoms with Gasteiger partial charge in [0.25, 0.3) is 0 Å². The maximum absolute atomic E-state index is 12.8. The lowest BCUT2D eigenvalue weighted by Gasteiger charge is -2.14. The van der Waals surface area contributed by atoms with Gasteiger partial charge in [-0.1, -0.05) is 47.6 Å². The zero-order chi connectivity index (χ0) is 26.9. The van der Waals surface area contributed by atoms with Crippen molar-refractivity contribution in [3.05, 3.63) is 83.9 Å². The number of anilines is 2. The summed E-state index contributed by atoms with van der Waals surface area (Å²) in [5, 5.41) is 18.8. The van der Waals surface area contributed by atoms with Crippen LogP contribution < -0.4 is 10.6 Å². The van der Waals surface area contributed by atoms with Gasteiger partial charge in [0, 0.05) is 11.9 Å². The number of nitrogens with one attached hydrogen (secondary N) is 2. The maximum Gasteiger partial charge on any atom is 0.412 e. The molecule has 1 atom stereocenters. The van der Waals surface area contributed by atoms with Crippen LogP contribution in [0.3, 0.4) is 0 Å². The molecule has 3 N–H and O–H groups in total. The second kappa shape index (κ2) is 9.85. The molecule has 2 aromatic carbocycles. The monoisotopic (exact) mass is 515 g/mol. The molecule has 1 saturated carbocycles. The van der Waals surface area contributed by atoms with Crippen molar-refractivity contribution in [2.24, 2.45) is 0 Å². The Morgan fingerprint density at radius 1 is 1.08 bits per heavy atom. The van der Waals surface area contributed by atoms with Gasteiger partial charge < -0.3 is 19.7 Å². The topological polar surface area (TPSA) is 149 Å². The van der Waals surface area contributed by atoms with Crippen LogP contribution in [0.25, 0.3) is 11.5 Å². The third-order valence-electron chi connectivity index (χ3n) is 6.54. The molecule has 1 fully saturated rings. The van der Waals surface area contributed by atoms with Crippen LogP contribution >= 0.6 is 0 Å². The Kier molecular flexibility index (Phi) is 6.41. The fourth-order valence-electron chi connectivity index (χ4n) is 4.14. The lowest BCUT2D eigenvalue weighted by molar-refractivity contribution is -0.140. The van der Waals surface area contributed by atoms with E-state index in [-0.39, 0.29) is 17.1 Å². The van der Waals surface area contributed by atoms with E-state index in [0.717, 1.165) is 5.56 Å². The molecule has 1 unspecified atom stereocenters. The van der Waals surface area contributed by atoms with Gasteiger partial charge in [0.15, 0.2) is 0 Å². The first-order valence-electron chi connectivity index (χ1n) is 12.0. The minimum absolute atomic E-state index is 0.172. The normalized spacial score (nSPS) is 14.4. The summed E-state index contributed by atoms with van der Waals surface area (Å²) in [4.78, 5) is 41.1. The largest absolute Gasteiger partial charge is 0.481 e. The van der Waals surface area contributed by atoms with Crippen molar-refractivity contribution < 1.29 is 28.8 Å². The van der Waals surface area contributed by atoms with Gasteiger partial charge in [-0.2, -0.15) is 0 Å². The van der Waals surface area contributed by atoms with Gasteiger partial charge in [0.1, 0.15) is 29.5 Å². The van der Waals surface area contributed by atoms with Crippen molar-refractivity contribution in [2.45, 2.75) is 38.2 Å². The number of rotatable bonds is 7. The number of hydrogen-bond donors (Lipinski definition) is 3. The fourth-order valence-corrected chi connectivity index (χ4v) is 4.14. The van der Waals surface area contributed by atoms with E-state index in [1.54, 1.807) is 38.1 Å². The standard InChI is InChI=1S/C27H25N5O6/c1-16-22(30-26(36)37-17(2)18-6-4-3-5-7-18)23(38-31-16)21-14-32(15-28-21)25(35)29-20-10-8-19(9-11-20)27(12-13-27)24(33)34/h3-11,14-15,17H,12-13H2,1-2H3,(H,29,35)(H,30,36)(H,33,34). The Balaban J connectivity index is 1.25. The third-order valence-corrected chi connectivity index (χ3v) is 6.54. The van der Waals surface area contributed by atoms with E-state index in [9.17, 15) is 19.5 Å². The van der Waals surface area contributed by atoms with Crippen LogP contribution in [0, 0.1) is 6.92 Å². The number of carboxylic acids is 1. The zero-order valence-corrected chi connectivity index (χ0v) is 20.7. The Morgan fingerprint density at radius 2 is 1.79 bits per heavy atom. The van der Waals surface area contributed by atoms with Crippen LogP contribution in [0.2, 0.25) is 0 Å². The van der Waals surface area contributed by atoms with Gasteiger partial charge in [-0.3, -0.25) is 14.7 Å². The molecule has 0 saturated heterocycles. The number of hydrogen-bond acceptors (Lipinski definition) is 7. The van der Waals surface area contributed by atoms with E-state index in [1.807, 2.05) is 30.3 Å². The lowest BCUT2D eigenvalue weighted by atomic mass is 9.96. The van der Waals surface area contributed by atoms with E-state index >= 15 is 0 Å². The number of amides is 2. The van der Waals surface area contributed by atoms with Gasteiger partial charge in [-0.25, -0.2) is 14.6 Å². The predicted molar refractivity (Wildman–Crippen MR) is 137 cm³/mol. The average Bonchev–Trinajstić information content (AvgIpc) is 3.45. The van der Waals surface area contributed by atoms with Crippen LogP contribution in [0.4, 0.5) is 21.0 Å². The molecule has 1 aliphatic rings. The van der Waals surface area contributed by atoms with Crippen molar-refractivity contribution in [1.82, 2.24) is 14.7 Å². The Hall–Kier alpha value is -4.93. The van der Waals surface area contributed by atoms with Crippen molar-refractivity contribution in [1.29, 1.82) is 0 Å². The Morgan fingerprint density at radius 3 is 2.45 bits per heavy atom. The highest BCUT2D eigenvalue weighted by molar-refractivity contribution is 5.93. The van der Waals surface area contributed by atoms with E-state index in [4.69, 9.17) is 9.26 Å². The highest BCUT2D eigenvalue weighted by atomic mass is 16.6. The smallest absolute Gasteiger partial charge is 0.412 e. The maximum atomic E-state index is 12.8. The number of aromatic nitrogens is 3. The van der Waals surface area contributed by atoms with E-state index in [0.29, 0.717) is 29.8 Å². The summed E-state index contributed by atoms with van der Waals surface area (Å²) in [6.45, 7) is 3.42. The van der Waals surface area contributed by atoms with Gasteiger partial charge >= 0.3 is 18.1 Å². The number of carbonyl (C=O) groups is 3. The summed E-state index contributed by atoms with van der Waals surface area (Å²) in [6, 6.07) is 15.6. The van der Waals surface area contributed by atoms with Crippen LogP contribution in [0.5, 0.6) is 0 Å². The molecule has 38 heavy (non-hydrogen) atoms. The predicted octanol–water partition coefficient (Wildman–Crippen LogP) is 5.35. The molecular weight excluding hydrogens is 490 g/mol. The molecule has 2 aromatic heterocycles. The summed E-state index contributed by atoms with van der Waals surface area (Å²) < 4.78 is 12.1. The molecule has 194 valence electrons. The Bertz CT molecular complexity index is 1490. The summed E-state index contributed by atoms with van der Waals surface area (Å²) in [7, 11) is 0. The lowest BCUT2D eigenvalue weighted by Crippen LogP contribution is -2.20. The number of benzene rings is 2. The first kappa shape index (κ1) is 24.8. The first-order valence-corrected chi connectivity index (χ1v) is 12.0. The summed E-state index contributed by atoms with van der Waals surface area (Å²) in [5.41, 5.74) is 2.23. The molecule has 11 heteroatoms. The molecule has 4 aromatic rings. The SMILES string of the molecule is Cc1noc(-c2cn(C(=O)Nc3ccc(C4(C(=O)O)CC4)cc3)cn2)c1NC(=O)OC(C)c1ccccc1. The number of imidazole rings is 1. The fraction of sp³-hybridized carbons (Fsp3) is 0.222. The highest BCUT2D eigenvalue weighted by Gasteiger charge is 2.51. The molecule has 5 rings (SSSR count). The second-order valence-corrected chi connectivity index (χ2v) is 9.12. The average molecular weight is 516 g/mol. The van der Waals surface area contributed by atoms with Gasteiger partial charge in [0.2, 0.25) is 5.76 Å². The number of carboxylic acid groups (broad SMARTS) is 1. The number of carbonyl (C=O) groups excluding carboxylic acids is 2. The number of ether oxygens (including phenoxy) is 1. The van der Waals surface area contributed by atoms with Crippen LogP contribution in [0.15, 0.2) is 71.6 Å². The van der Waals surface area contributed by atoms with Crippen molar-refractivity contribution in [2.75, 3.05) is 10.6 Å². The molecule has 1 aliphatic carbocycles. The molecule has 2 heterocycles. The first-order chi connectivity index (χ1) is 18.3. The molecule has 2 amide bonds. The van der Waals surface area contributed by atoms with E-state index in [1.165, 1.54) is 17.1 Å². The second-order valence-electron chi connectivity index (χ2n) is 9.12. The van der Waals surface area contributed by atoms with Crippen molar-refractivity contribution in [3.63, 3.8) is 0 Å². The Labute approximate surface area is 217 Å². The quantitative estimate of drug-likeness (QED) is 0.298. The summed E-state index contributed by atoms with van der Waals surface area (Å²) in [6.07, 6.45) is 2.79. The van der Waals surface area contributed by atoms with Crippen LogP contribution in [0.1, 0.15) is 42.7 Å². The number of nitrogens with zero attached hydrogens (tertiary/aromatic N) is 3. The number of aliphatic carboxylic acids is 1. The van der Waals surface area contributed by atoms with Crippen LogP contribution in [-0.4, -0.2) is 37.9 Å². The van der Waals surface area contributed by atoms with E-state index in [2.05, 4.69) is 20.8 Å². The minimum atomic E-state index is -0.837. The van der Waals surface area contributed by atoms with Gasteiger partial charge in [0.05, 0.1) is 5.41 Å².